The molecule has 11 heteroatoms. The van der Waals surface area contributed by atoms with Gasteiger partial charge in [-0.15, -0.1) is 0 Å². The van der Waals surface area contributed by atoms with Gasteiger partial charge >= 0.3 is 11.9 Å². The highest BCUT2D eigenvalue weighted by Gasteiger charge is 2.47. The third-order valence-corrected chi connectivity index (χ3v) is 9.05. The molecule has 0 saturated carbocycles. The lowest BCUT2D eigenvalue weighted by molar-refractivity contribution is -0.138. The summed E-state index contributed by atoms with van der Waals surface area (Å²) in [6, 6.07) is 21.0. The summed E-state index contributed by atoms with van der Waals surface area (Å²) >= 11 is 0. The number of piperidine rings is 1. The van der Waals surface area contributed by atoms with Crippen LogP contribution in [0.25, 0.3) is 0 Å². The fourth-order valence-electron chi connectivity index (χ4n) is 6.56. The molecule has 1 saturated heterocycles. The van der Waals surface area contributed by atoms with Gasteiger partial charge in [-0.1, -0.05) is 66.7 Å². The summed E-state index contributed by atoms with van der Waals surface area (Å²) < 4.78 is 65.2. The van der Waals surface area contributed by atoms with Gasteiger partial charge in [-0.05, 0) is 42.5 Å². The molecule has 2 aliphatic rings. The predicted molar refractivity (Wildman–Crippen MR) is 161 cm³/mol. The van der Waals surface area contributed by atoms with Crippen LogP contribution in [0.1, 0.15) is 52.4 Å². The van der Waals surface area contributed by atoms with Crippen molar-refractivity contribution in [1.29, 1.82) is 0 Å². The van der Waals surface area contributed by atoms with Crippen LogP contribution in [0.5, 0.6) is 0 Å². The molecule has 6 rings (SSSR count). The summed E-state index contributed by atoms with van der Waals surface area (Å²) in [7, 11) is 0. The summed E-state index contributed by atoms with van der Waals surface area (Å²) in [5.41, 5.74) is 4.45. The molecule has 0 bridgehead atoms. The van der Waals surface area contributed by atoms with Crippen molar-refractivity contribution in [2.45, 2.75) is 56.8 Å². The second kappa shape index (κ2) is 12.4. The van der Waals surface area contributed by atoms with E-state index in [1.807, 2.05) is 24.3 Å². The average Bonchev–Trinajstić information content (AvgIpc) is 3.40. The Morgan fingerprint density at radius 3 is 2.22 bits per heavy atom. The molecule has 0 radical (unpaired) electrons. The molecule has 0 amide bonds. The number of likely N-dealkylation sites (tertiary alicyclic amines) is 1. The Morgan fingerprint density at radius 1 is 0.889 bits per heavy atom. The minimum absolute atomic E-state index is 0.148. The van der Waals surface area contributed by atoms with E-state index in [-0.39, 0.29) is 24.4 Å². The van der Waals surface area contributed by atoms with Gasteiger partial charge in [0.15, 0.2) is 0 Å². The van der Waals surface area contributed by atoms with E-state index < -0.39 is 52.6 Å². The second-order valence-electron chi connectivity index (χ2n) is 11.7. The Hall–Kier alpha value is -4.06. The molecule has 7 nitrogen and oxygen atoms in total. The molecule has 45 heavy (non-hydrogen) atoms. The van der Waals surface area contributed by atoms with Crippen molar-refractivity contribution in [2.24, 2.45) is 5.73 Å². The van der Waals surface area contributed by atoms with Crippen LogP contribution in [0, 0.1) is 5.82 Å². The lowest BCUT2D eigenvalue weighted by atomic mass is 9.85. The minimum atomic E-state index is -4.85. The summed E-state index contributed by atoms with van der Waals surface area (Å²) in [5.74, 6) is -1.09. The number of nitrogens with zero attached hydrogens (tertiary/aromatic N) is 3. The van der Waals surface area contributed by atoms with Gasteiger partial charge in [0.1, 0.15) is 11.4 Å². The highest BCUT2D eigenvalue weighted by atomic mass is 19.4. The molecule has 2 aliphatic heterocycles. The van der Waals surface area contributed by atoms with Gasteiger partial charge in [0.2, 0.25) is 0 Å². The van der Waals surface area contributed by atoms with Gasteiger partial charge < -0.3 is 15.4 Å². The molecule has 1 spiro atoms. The number of hydrogen-bond acceptors (Lipinski definition) is 5. The fourth-order valence-corrected chi connectivity index (χ4v) is 6.56. The maximum atomic E-state index is 15.0. The van der Waals surface area contributed by atoms with Crippen LogP contribution in [0.2, 0.25) is 0 Å². The maximum Gasteiger partial charge on any atom is 0.416 e. The number of rotatable bonds is 8. The Bertz CT molecular complexity index is 1780. The van der Waals surface area contributed by atoms with Crippen LogP contribution < -0.4 is 17.0 Å². The van der Waals surface area contributed by atoms with E-state index in [1.54, 1.807) is 24.3 Å². The van der Waals surface area contributed by atoms with Crippen molar-refractivity contribution < 1.29 is 22.3 Å². The topological polar surface area (TPSA) is 82.5 Å². The molecular weight excluding hydrogens is 588 g/mol. The average molecular weight is 623 g/mol. The first kappa shape index (κ1) is 30.9. The van der Waals surface area contributed by atoms with Crippen molar-refractivity contribution >= 4 is 0 Å². The van der Waals surface area contributed by atoms with E-state index in [2.05, 4.69) is 17.0 Å². The normalized spacial score (nSPS) is 17.0. The predicted octanol–water partition coefficient (Wildman–Crippen LogP) is 4.98. The first-order chi connectivity index (χ1) is 21.6. The molecule has 1 aromatic heterocycles. The number of alkyl halides is 3. The summed E-state index contributed by atoms with van der Waals surface area (Å²) in [6.45, 7) is 0.991. The van der Waals surface area contributed by atoms with Crippen molar-refractivity contribution in [3.63, 3.8) is 0 Å². The molecule has 1 atom stereocenters. The first-order valence-corrected chi connectivity index (χ1v) is 15.0. The lowest BCUT2D eigenvalue weighted by Crippen LogP contribution is -2.50. The van der Waals surface area contributed by atoms with Gasteiger partial charge in [-0.2, -0.15) is 13.2 Å². The Labute approximate surface area is 257 Å². The quantitative estimate of drug-likeness (QED) is 0.281. The highest BCUT2D eigenvalue weighted by Crippen LogP contribution is 2.42. The number of aromatic nitrogens is 2. The van der Waals surface area contributed by atoms with Gasteiger partial charge in [-0.25, -0.2) is 9.18 Å². The maximum absolute atomic E-state index is 15.0. The third-order valence-electron chi connectivity index (χ3n) is 9.05. The van der Waals surface area contributed by atoms with Crippen LogP contribution in [0.15, 0.2) is 88.5 Å². The molecule has 4 aromatic rings. The van der Waals surface area contributed by atoms with E-state index in [0.717, 1.165) is 40.3 Å². The fraction of sp³-hybridized carbons (Fsp3) is 0.353. The number of hydrogen-bond donors (Lipinski definition) is 1. The second-order valence-corrected chi connectivity index (χ2v) is 11.7. The summed E-state index contributed by atoms with van der Waals surface area (Å²) in [6.07, 6.45) is -3.07. The van der Waals surface area contributed by atoms with Crippen molar-refractivity contribution in [3.8, 4) is 0 Å². The Balaban J connectivity index is 1.39. The smallest absolute Gasteiger partial charge is 0.364 e. The minimum Gasteiger partial charge on any atom is -0.364 e. The highest BCUT2D eigenvalue weighted by molar-refractivity contribution is 5.35. The van der Waals surface area contributed by atoms with Crippen molar-refractivity contribution in [2.75, 3.05) is 19.6 Å². The molecule has 0 unspecified atom stereocenters. The molecular formula is C34H34F4N4O3. The van der Waals surface area contributed by atoms with E-state index in [9.17, 15) is 22.8 Å². The number of halogens is 4. The van der Waals surface area contributed by atoms with Crippen LogP contribution in [-0.2, 0) is 42.6 Å². The van der Waals surface area contributed by atoms with Crippen molar-refractivity contribution in [3.05, 3.63) is 139 Å². The van der Waals surface area contributed by atoms with Crippen LogP contribution in [0.4, 0.5) is 17.6 Å². The zero-order chi connectivity index (χ0) is 31.8. The molecule has 0 aliphatic carbocycles. The van der Waals surface area contributed by atoms with E-state index >= 15 is 4.39 Å². The van der Waals surface area contributed by atoms with Gasteiger partial charge in [0.05, 0.1) is 36.5 Å². The molecule has 3 aromatic carbocycles. The zero-order valence-electron chi connectivity index (χ0n) is 24.6. The monoisotopic (exact) mass is 622 g/mol. The van der Waals surface area contributed by atoms with E-state index in [0.29, 0.717) is 31.5 Å². The van der Waals surface area contributed by atoms with Gasteiger partial charge in [0.25, 0.3) is 5.56 Å². The van der Waals surface area contributed by atoms with E-state index in [1.165, 1.54) is 5.56 Å². The number of fused-ring (bicyclic) bond motifs is 2. The molecule has 1 fully saturated rings. The van der Waals surface area contributed by atoms with E-state index in [4.69, 9.17) is 10.5 Å². The van der Waals surface area contributed by atoms with Crippen LogP contribution in [-0.4, -0.2) is 33.7 Å². The molecule has 3 heterocycles. The summed E-state index contributed by atoms with van der Waals surface area (Å²) in [4.78, 5) is 30.4. The Kier molecular flexibility index (Phi) is 8.51. The number of benzene rings is 3. The SMILES string of the molecule is N[C@@H](Cn1c(=O)c2c(n(Cc3c(F)cccc3C(F)(F)F)c1=O)COC21CCN(CCc2ccccc2)CC1)c1ccccc1. The molecule has 2 N–H and O–H groups in total. The largest absolute Gasteiger partial charge is 0.416 e. The van der Waals surface area contributed by atoms with Gasteiger partial charge in [-0.3, -0.25) is 13.9 Å². The van der Waals surface area contributed by atoms with Crippen molar-refractivity contribution in [1.82, 2.24) is 14.0 Å². The standard InChI is InChI=1S/C34H34F4N4O3/c35-27-13-7-12-26(34(36,37)38)25(27)20-41-29-22-45-33(15-18-40(19-16-33)17-14-23-8-3-1-4-9-23)30(29)31(43)42(32(41)44)21-28(39)24-10-5-2-6-11-24/h1-13,28H,14-22,39H2/t28-/m0/s1. The summed E-state index contributed by atoms with van der Waals surface area (Å²) in [5, 5.41) is 0. The molecule has 236 valence electrons. The Morgan fingerprint density at radius 2 is 1.56 bits per heavy atom. The van der Waals surface area contributed by atoms with Crippen LogP contribution in [0.3, 0.4) is 0 Å². The number of ether oxygens (including phenoxy) is 1. The third kappa shape index (κ3) is 6.12. The van der Waals surface area contributed by atoms with Crippen LogP contribution >= 0.6 is 0 Å². The lowest BCUT2D eigenvalue weighted by Gasteiger charge is -2.39. The number of nitrogens with two attached hydrogens (primary N) is 1. The zero-order valence-corrected chi connectivity index (χ0v) is 24.6. The first-order valence-electron chi connectivity index (χ1n) is 15.0. The van der Waals surface area contributed by atoms with Gasteiger partial charge in [0, 0.05) is 31.2 Å².